The van der Waals surface area contributed by atoms with Gasteiger partial charge < -0.3 is 15.0 Å². The SMILES string of the molecule is O=C(/C=C/c1ccccc1)NCCn1cnc(C(=O)O)c1. The molecule has 2 aromatic rings. The third kappa shape index (κ3) is 4.61. The van der Waals surface area contributed by atoms with Crippen molar-refractivity contribution in [3.05, 3.63) is 60.2 Å². The highest BCUT2D eigenvalue weighted by Crippen LogP contribution is 2.00. The predicted octanol–water partition coefficient (Wildman–Crippen LogP) is 1.41. The lowest BCUT2D eigenvalue weighted by Gasteiger charge is -2.02. The van der Waals surface area contributed by atoms with Crippen molar-refractivity contribution in [2.75, 3.05) is 6.54 Å². The Morgan fingerprint density at radius 3 is 2.71 bits per heavy atom. The Balaban J connectivity index is 1.76. The van der Waals surface area contributed by atoms with Gasteiger partial charge in [0.05, 0.1) is 6.33 Å². The molecule has 0 bridgehead atoms. The number of carbonyl (C=O) groups excluding carboxylic acids is 1. The Hall–Kier alpha value is -2.89. The summed E-state index contributed by atoms with van der Waals surface area (Å²) in [6.45, 7) is 0.860. The van der Waals surface area contributed by atoms with E-state index in [0.717, 1.165) is 5.56 Å². The summed E-state index contributed by atoms with van der Waals surface area (Å²) in [6.07, 6.45) is 6.05. The number of benzene rings is 1. The number of rotatable bonds is 6. The van der Waals surface area contributed by atoms with Gasteiger partial charge in [0.25, 0.3) is 0 Å². The Labute approximate surface area is 121 Å². The zero-order chi connectivity index (χ0) is 15.1. The van der Waals surface area contributed by atoms with Crippen LogP contribution in [0.25, 0.3) is 6.08 Å². The lowest BCUT2D eigenvalue weighted by Crippen LogP contribution is -2.25. The van der Waals surface area contributed by atoms with Crippen molar-refractivity contribution in [2.45, 2.75) is 6.54 Å². The van der Waals surface area contributed by atoms with Crippen LogP contribution < -0.4 is 5.32 Å². The van der Waals surface area contributed by atoms with Gasteiger partial charge >= 0.3 is 5.97 Å². The topological polar surface area (TPSA) is 84.2 Å². The molecule has 0 saturated heterocycles. The van der Waals surface area contributed by atoms with E-state index in [1.54, 1.807) is 10.6 Å². The molecule has 1 aromatic heterocycles. The molecule has 1 aromatic carbocycles. The van der Waals surface area contributed by atoms with Gasteiger partial charge in [-0.2, -0.15) is 0 Å². The first kappa shape index (κ1) is 14.5. The minimum Gasteiger partial charge on any atom is -0.476 e. The maximum Gasteiger partial charge on any atom is 0.356 e. The zero-order valence-electron chi connectivity index (χ0n) is 11.3. The molecule has 0 radical (unpaired) electrons. The van der Waals surface area contributed by atoms with E-state index in [1.807, 2.05) is 30.3 Å². The van der Waals surface area contributed by atoms with Crippen LogP contribution in [0.1, 0.15) is 16.1 Å². The molecule has 0 unspecified atom stereocenters. The average molecular weight is 285 g/mol. The number of hydrogen-bond donors (Lipinski definition) is 2. The first-order valence-corrected chi connectivity index (χ1v) is 6.41. The second kappa shape index (κ2) is 7.04. The van der Waals surface area contributed by atoms with Crippen molar-refractivity contribution < 1.29 is 14.7 Å². The number of carboxylic acids is 1. The first-order valence-electron chi connectivity index (χ1n) is 6.41. The monoisotopic (exact) mass is 285 g/mol. The van der Waals surface area contributed by atoms with Gasteiger partial charge in [-0.05, 0) is 11.6 Å². The summed E-state index contributed by atoms with van der Waals surface area (Å²) in [5, 5.41) is 11.5. The summed E-state index contributed by atoms with van der Waals surface area (Å²) in [6, 6.07) is 9.52. The number of aromatic carboxylic acids is 1. The smallest absolute Gasteiger partial charge is 0.356 e. The highest BCUT2D eigenvalue weighted by Gasteiger charge is 2.05. The quantitative estimate of drug-likeness (QED) is 0.786. The molecule has 0 aliphatic rings. The number of amides is 1. The highest BCUT2D eigenvalue weighted by atomic mass is 16.4. The van der Waals surface area contributed by atoms with Gasteiger partial charge in [0.2, 0.25) is 5.91 Å². The number of nitrogens with zero attached hydrogens (tertiary/aromatic N) is 2. The highest BCUT2D eigenvalue weighted by molar-refractivity contribution is 5.91. The minimum absolute atomic E-state index is 0.00898. The summed E-state index contributed by atoms with van der Waals surface area (Å²) in [5.41, 5.74) is 0.943. The van der Waals surface area contributed by atoms with Crippen molar-refractivity contribution >= 4 is 18.0 Å². The molecule has 108 valence electrons. The Bertz CT molecular complexity index is 647. The number of nitrogens with one attached hydrogen (secondary N) is 1. The zero-order valence-corrected chi connectivity index (χ0v) is 11.3. The van der Waals surface area contributed by atoms with Crippen LogP contribution >= 0.6 is 0 Å². The van der Waals surface area contributed by atoms with Gasteiger partial charge in [0.1, 0.15) is 0 Å². The first-order chi connectivity index (χ1) is 10.1. The minimum atomic E-state index is -1.07. The van der Waals surface area contributed by atoms with Gasteiger partial charge in [0.15, 0.2) is 5.69 Å². The molecule has 1 heterocycles. The van der Waals surface area contributed by atoms with Crippen molar-refractivity contribution in [1.29, 1.82) is 0 Å². The molecule has 0 saturated carbocycles. The van der Waals surface area contributed by atoms with E-state index in [-0.39, 0.29) is 11.6 Å². The number of hydrogen-bond acceptors (Lipinski definition) is 3. The van der Waals surface area contributed by atoms with E-state index >= 15 is 0 Å². The molecule has 2 rings (SSSR count). The van der Waals surface area contributed by atoms with Crippen LogP contribution in [0.5, 0.6) is 0 Å². The van der Waals surface area contributed by atoms with Gasteiger partial charge in [-0.1, -0.05) is 30.3 Å². The lowest BCUT2D eigenvalue weighted by atomic mass is 10.2. The number of aromatic nitrogens is 2. The summed E-state index contributed by atoms with van der Waals surface area (Å²) >= 11 is 0. The van der Waals surface area contributed by atoms with Crippen molar-refractivity contribution in [3.63, 3.8) is 0 Å². The predicted molar refractivity (Wildman–Crippen MR) is 77.7 cm³/mol. The van der Waals surface area contributed by atoms with Crippen LogP contribution in [0.4, 0.5) is 0 Å². The van der Waals surface area contributed by atoms with E-state index in [0.29, 0.717) is 13.1 Å². The van der Waals surface area contributed by atoms with Gasteiger partial charge in [-0.25, -0.2) is 9.78 Å². The Kier molecular flexibility index (Phi) is 4.87. The summed E-state index contributed by atoms with van der Waals surface area (Å²) < 4.78 is 1.62. The van der Waals surface area contributed by atoms with Gasteiger partial charge in [-0.15, -0.1) is 0 Å². The molecule has 6 nitrogen and oxygen atoms in total. The van der Waals surface area contributed by atoms with Crippen LogP contribution in [0.3, 0.4) is 0 Å². The molecular formula is C15H15N3O3. The number of imidazole rings is 1. The Morgan fingerprint density at radius 2 is 2.05 bits per heavy atom. The standard InChI is InChI=1S/C15H15N3O3/c19-14(7-6-12-4-2-1-3-5-12)16-8-9-18-10-13(15(20)21)17-11-18/h1-7,10-11H,8-9H2,(H,16,19)(H,20,21)/b7-6+. The molecule has 6 heteroatoms. The van der Waals surface area contributed by atoms with Crippen molar-refractivity contribution in [2.24, 2.45) is 0 Å². The number of carboxylic acid groups (broad SMARTS) is 1. The summed E-state index contributed by atoms with van der Waals surface area (Å²) in [4.78, 5) is 26.0. The molecule has 21 heavy (non-hydrogen) atoms. The molecule has 0 atom stereocenters. The maximum atomic E-state index is 11.6. The van der Waals surface area contributed by atoms with Crippen LogP contribution in [0, 0.1) is 0 Å². The molecule has 0 fully saturated rings. The summed E-state index contributed by atoms with van der Waals surface area (Å²) in [5.74, 6) is -1.26. The lowest BCUT2D eigenvalue weighted by molar-refractivity contribution is -0.116. The second-order valence-corrected chi connectivity index (χ2v) is 4.34. The normalized spacial score (nSPS) is 10.7. The molecule has 1 amide bonds. The fourth-order valence-corrected chi connectivity index (χ4v) is 1.70. The van der Waals surface area contributed by atoms with E-state index in [1.165, 1.54) is 18.6 Å². The van der Waals surface area contributed by atoms with Gasteiger partial charge in [0, 0.05) is 25.4 Å². The fraction of sp³-hybridized carbons (Fsp3) is 0.133. The third-order valence-electron chi connectivity index (χ3n) is 2.75. The van der Waals surface area contributed by atoms with Crippen LogP contribution in [-0.2, 0) is 11.3 Å². The second-order valence-electron chi connectivity index (χ2n) is 4.34. The average Bonchev–Trinajstić information content (AvgIpc) is 2.95. The fourth-order valence-electron chi connectivity index (χ4n) is 1.70. The van der Waals surface area contributed by atoms with E-state index < -0.39 is 5.97 Å². The molecule has 0 spiro atoms. The maximum absolute atomic E-state index is 11.6. The molecule has 2 N–H and O–H groups in total. The number of carbonyl (C=O) groups is 2. The van der Waals surface area contributed by atoms with Crippen LogP contribution in [-0.4, -0.2) is 33.1 Å². The largest absolute Gasteiger partial charge is 0.476 e. The Morgan fingerprint density at radius 1 is 1.29 bits per heavy atom. The summed E-state index contributed by atoms with van der Waals surface area (Å²) in [7, 11) is 0. The van der Waals surface area contributed by atoms with Gasteiger partial charge in [-0.3, -0.25) is 4.79 Å². The molecule has 0 aliphatic heterocycles. The molecular weight excluding hydrogens is 270 g/mol. The molecule has 0 aliphatic carbocycles. The van der Waals surface area contributed by atoms with Crippen molar-refractivity contribution in [3.8, 4) is 0 Å². The van der Waals surface area contributed by atoms with Crippen molar-refractivity contribution in [1.82, 2.24) is 14.9 Å². The van der Waals surface area contributed by atoms with Crippen LogP contribution in [0.15, 0.2) is 48.9 Å². The van der Waals surface area contributed by atoms with E-state index in [2.05, 4.69) is 10.3 Å². The third-order valence-corrected chi connectivity index (χ3v) is 2.75. The van der Waals surface area contributed by atoms with E-state index in [9.17, 15) is 9.59 Å². The van der Waals surface area contributed by atoms with E-state index in [4.69, 9.17) is 5.11 Å². The van der Waals surface area contributed by atoms with Crippen LogP contribution in [0.2, 0.25) is 0 Å².